The number of nitrogens with zero attached hydrogens (tertiary/aromatic N) is 1. The summed E-state index contributed by atoms with van der Waals surface area (Å²) in [7, 11) is 0. The minimum atomic E-state index is 0. The van der Waals surface area contributed by atoms with Crippen molar-refractivity contribution in [2.24, 2.45) is 0 Å². The molecule has 0 spiro atoms. The molecule has 0 saturated carbocycles. The third-order valence-electron chi connectivity index (χ3n) is 4.37. The third kappa shape index (κ3) is 5.40. The largest absolute Gasteiger partial charge is 0.460 e. The Labute approximate surface area is 161 Å². The zero-order valence-corrected chi connectivity index (χ0v) is 16.2. The van der Waals surface area contributed by atoms with Crippen LogP contribution in [0.4, 0.5) is 0 Å². The van der Waals surface area contributed by atoms with Gasteiger partial charge in [-0.3, -0.25) is 4.90 Å². The first kappa shape index (κ1) is 21.3. The van der Waals surface area contributed by atoms with Gasteiger partial charge in [-0.1, -0.05) is 18.5 Å². The molecule has 1 unspecified atom stereocenters. The van der Waals surface area contributed by atoms with Crippen LogP contribution in [0.15, 0.2) is 40.8 Å². The summed E-state index contributed by atoms with van der Waals surface area (Å²) in [6.07, 6.45) is 2.62. The molecule has 1 fully saturated rings. The highest BCUT2D eigenvalue weighted by Crippen LogP contribution is 2.24. The van der Waals surface area contributed by atoms with E-state index in [1.807, 2.05) is 36.4 Å². The van der Waals surface area contributed by atoms with E-state index in [1.165, 1.54) is 19.4 Å². The van der Waals surface area contributed by atoms with Gasteiger partial charge in [-0.15, -0.1) is 24.8 Å². The average Bonchev–Trinajstić information content (AvgIpc) is 3.17. The fourth-order valence-corrected chi connectivity index (χ4v) is 3.27. The van der Waals surface area contributed by atoms with Gasteiger partial charge in [-0.05, 0) is 62.3 Å². The predicted molar refractivity (Wildman–Crippen MR) is 106 cm³/mol. The van der Waals surface area contributed by atoms with Gasteiger partial charge in [0.15, 0.2) is 0 Å². The molecule has 6 heteroatoms. The Morgan fingerprint density at radius 3 is 2.62 bits per heavy atom. The highest BCUT2D eigenvalue weighted by molar-refractivity contribution is 6.30. The molecule has 24 heavy (non-hydrogen) atoms. The Kier molecular flexibility index (Phi) is 9.17. The van der Waals surface area contributed by atoms with Gasteiger partial charge in [0, 0.05) is 23.2 Å². The van der Waals surface area contributed by atoms with Crippen molar-refractivity contribution < 1.29 is 4.42 Å². The van der Waals surface area contributed by atoms with Gasteiger partial charge >= 0.3 is 0 Å². The molecule has 1 aliphatic heterocycles. The van der Waals surface area contributed by atoms with Gasteiger partial charge in [0.1, 0.15) is 11.5 Å². The van der Waals surface area contributed by atoms with E-state index in [1.54, 1.807) is 0 Å². The summed E-state index contributed by atoms with van der Waals surface area (Å²) in [4.78, 5) is 2.55. The standard InChI is InChI=1S/C18H23ClN2O.2ClH/c1-2-21-11-3-4-16(21)12-20-13-17-9-10-18(22-17)14-5-7-15(19)8-6-14;;/h5-10,16,20H,2-4,11-13H2,1H3;2*1H. The van der Waals surface area contributed by atoms with Crippen LogP contribution in [0.5, 0.6) is 0 Å². The number of likely N-dealkylation sites (N-methyl/N-ethyl adjacent to an activating group) is 1. The molecule has 1 atom stereocenters. The maximum absolute atomic E-state index is 5.91. The number of halogens is 3. The van der Waals surface area contributed by atoms with Crippen molar-refractivity contribution in [1.29, 1.82) is 0 Å². The molecule has 2 heterocycles. The fourth-order valence-electron chi connectivity index (χ4n) is 3.15. The van der Waals surface area contributed by atoms with E-state index in [0.29, 0.717) is 6.04 Å². The zero-order valence-electron chi connectivity index (χ0n) is 13.8. The Balaban J connectivity index is 0.00000144. The van der Waals surface area contributed by atoms with Gasteiger partial charge in [0.2, 0.25) is 0 Å². The lowest BCUT2D eigenvalue weighted by molar-refractivity contribution is 0.258. The van der Waals surface area contributed by atoms with Crippen molar-refractivity contribution in [1.82, 2.24) is 10.2 Å². The second-order valence-electron chi connectivity index (χ2n) is 5.83. The molecule has 3 nitrogen and oxygen atoms in total. The van der Waals surface area contributed by atoms with Crippen LogP contribution in [0.2, 0.25) is 5.02 Å². The van der Waals surface area contributed by atoms with E-state index in [-0.39, 0.29) is 24.8 Å². The molecule has 134 valence electrons. The monoisotopic (exact) mass is 390 g/mol. The second kappa shape index (κ2) is 10.3. The van der Waals surface area contributed by atoms with E-state index in [9.17, 15) is 0 Å². The van der Waals surface area contributed by atoms with Gasteiger partial charge in [-0.2, -0.15) is 0 Å². The molecule has 3 rings (SSSR count). The van der Waals surface area contributed by atoms with E-state index in [2.05, 4.69) is 17.1 Å². The number of rotatable bonds is 6. The normalized spacial score (nSPS) is 17.3. The summed E-state index contributed by atoms with van der Waals surface area (Å²) in [6.45, 7) is 6.44. The lowest BCUT2D eigenvalue weighted by Gasteiger charge is -2.22. The molecule has 1 aromatic carbocycles. The van der Waals surface area contributed by atoms with Crippen molar-refractivity contribution >= 4 is 36.4 Å². The number of likely N-dealkylation sites (tertiary alicyclic amines) is 1. The van der Waals surface area contributed by atoms with Crippen LogP contribution in [0.25, 0.3) is 11.3 Å². The van der Waals surface area contributed by atoms with Crippen LogP contribution < -0.4 is 5.32 Å². The van der Waals surface area contributed by atoms with Crippen LogP contribution >= 0.6 is 36.4 Å². The first-order chi connectivity index (χ1) is 10.8. The smallest absolute Gasteiger partial charge is 0.134 e. The van der Waals surface area contributed by atoms with Gasteiger partial charge in [0.05, 0.1) is 6.54 Å². The molecule has 0 aliphatic carbocycles. The first-order valence-electron chi connectivity index (χ1n) is 8.05. The Hall–Kier alpha value is -0.710. The fraction of sp³-hybridized carbons (Fsp3) is 0.444. The lowest BCUT2D eigenvalue weighted by atomic mass is 10.2. The summed E-state index contributed by atoms with van der Waals surface area (Å²) >= 11 is 5.91. The number of hydrogen-bond acceptors (Lipinski definition) is 3. The maximum atomic E-state index is 5.91. The zero-order chi connectivity index (χ0) is 15.4. The summed E-state index contributed by atoms with van der Waals surface area (Å²) in [5.74, 6) is 1.87. The molecule has 0 amide bonds. The third-order valence-corrected chi connectivity index (χ3v) is 4.63. The quantitative estimate of drug-likeness (QED) is 0.749. The topological polar surface area (TPSA) is 28.4 Å². The summed E-state index contributed by atoms with van der Waals surface area (Å²) < 4.78 is 5.91. The van der Waals surface area contributed by atoms with Crippen LogP contribution in [-0.2, 0) is 6.54 Å². The van der Waals surface area contributed by atoms with Crippen LogP contribution in [0, 0.1) is 0 Å². The molecule has 0 bridgehead atoms. The van der Waals surface area contributed by atoms with Crippen molar-refractivity contribution in [3.8, 4) is 11.3 Å². The molecular formula is C18H25Cl3N2O. The predicted octanol–water partition coefficient (Wildman–Crippen LogP) is 5.02. The number of benzene rings is 1. The van der Waals surface area contributed by atoms with Crippen molar-refractivity contribution in [3.63, 3.8) is 0 Å². The van der Waals surface area contributed by atoms with Crippen molar-refractivity contribution in [3.05, 3.63) is 47.2 Å². The average molecular weight is 392 g/mol. The summed E-state index contributed by atoms with van der Waals surface area (Å²) in [6, 6.07) is 12.5. The minimum Gasteiger partial charge on any atom is -0.460 e. The lowest BCUT2D eigenvalue weighted by Crippen LogP contribution is -2.37. The second-order valence-corrected chi connectivity index (χ2v) is 6.26. The highest BCUT2D eigenvalue weighted by atomic mass is 35.5. The summed E-state index contributed by atoms with van der Waals surface area (Å²) in [5, 5.41) is 4.27. The van der Waals surface area contributed by atoms with Crippen LogP contribution in [0.3, 0.4) is 0 Å². The van der Waals surface area contributed by atoms with Gasteiger partial charge < -0.3 is 9.73 Å². The molecular weight excluding hydrogens is 367 g/mol. The number of hydrogen-bond donors (Lipinski definition) is 1. The maximum Gasteiger partial charge on any atom is 0.134 e. The Morgan fingerprint density at radius 1 is 1.17 bits per heavy atom. The first-order valence-corrected chi connectivity index (χ1v) is 8.43. The van der Waals surface area contributed by atoms with Gasteiger partial charge in [-0.25, -0.2) is 0 Å². The minimum absolute atomic E-state index is 0. The highest BCUT2D eigenvalue weighted by Gasteiger charge is 2.22. The van der Waals surface area contributed by atoms with Crippen molar-refractivity contribution in [2.45, 2.75) is 32.4 Å². The van der Waals surface area contributed by atoms with E-state index in [0.717, 1.165) is 41.7 Å². The molecule has 1 N–H and O–H groups in total. The molecule has 0 radical (unpaired) electrons. The number of nitrogens with one attached hydrogen (secondary N) is 1. The SMILES string of the molecule is CCN1CCCC1CNCc1ccc(-c2ccc(Cl)cc2)o1.Cl.Cl. The molecule has 1 saturated heterocycles. The van der Waals surface area contributed by atoms with Gasteiger partial charge in [0.25, 0.3) is 0 Å². The molecule has 1 aliphatic rings. The number of furan rings is 1. The van der Waals surface area contributed by atoms with Crippen LogP contribution in [0.1, 0.15) is 25.5 Å². The van der Waals surface area contributed by atoms with Crippen LogP contribution in [-0.4, -0.2) is 30.6 Å². The van der Waals surface area contributed by atoms with E-state index >= 15 is 0 Å². The van der Waals surface area contributed by atoms with Crippen molar-refractivity contribution in [2.75, 3.05) is 19.6 Å². The Bertz CT molecular complexity index is 601. The Morgan fingerprint density at radius 2 is 1.92 bits per heavy atom. The molecule has 1 aromatic heterocycles. The molecule has 2 aromatic rings. The van der Waals surface area contributed by atoms with E-state index < -0.39 is 0 Å². The summed E-state index contributed by atoms with van der Waals surface area (Å²) in [5.41, 5.74) is 1.06. The van der Waals surface area contributed by atoms with E-state index in [4.69, 9.17) is 16.0 Å².